The topological polar surface area (TPSA) is 124 Å². The predicted molar refractivity (Wildman–Crippen MR) is 64.6 cm³/mol. The Bertz CT molecular complexity index is 382. The van der Waals surface area contributed by atoms with E-state index < -0.39 is 12.1 Å². The number of carboxylic acid groups (broad SMARTS) is 1. The molecule has 0 amide bonds. The molecule has 0 aliphatic carbocycles. The number of hydrogen-bond acceptors (Lipinski definition) is 7. The molecule has 0 bridgehead atoms. The number of aliphatic carboxylic acids is 1. The molecule has 0 radical (unpaired) electrons. The number of nitrogens with zero attached hydrogens (tertiary/aromatic N) is 2. The SMILES string of the molecule is CCOC(CSc1nc(N)cc(N)n1)C(=O)O. The molecule has 0 aliphatic rings. The summed E-state index contributed by atoms with van der Waals surface area (Å²) in [6.45, 7) is 2.06. The standard InChI is InChI=1S/C9H14N4O3S/c1-2-16-5(8(14)15)4-17-9-12-6(10)3-7(11)13-9/h3,5H,2,4H2,1H3,(H,14,15)(H4,10,11,12,13). The second-order valence-corrected chi connectivity index (χ2v) is 4.08. The lowest BCUT2D eigenvalue weighted by Crippen LogP contribution is -2.26. The lowest BCUT2D eigenvalue weighted by molar-refractivity contribution is -0.148. The molecule has 1 aromatic rings. The van der Waals surface area contributed by atoms with Crippen LogP contribution in [0.3, 0.4) is 0 Å². The highest BCUT2D eigenvalue weighted by atomic mass is 32.2. The summed E-state index contributed by atoms with van der Waals surface area (Å²) in [5.74, 6) is -0.311. The summed E-state index contributed by atoms with van der Waals surface area (Å²) < 4.78 is 5.05. The molecular weight excluding hydrogens is 244 g/mol. The number of nitrogens with two attached hydrogens (primary N) is 2. The Hall–Kier alpha value is -1.54. The van der Waals surface area contributed by atoms with E-state index in [4.69, 9.17) is 21.3 Å². The van der Waals surface area contributed by atoms with E-state index >= 15 is 0 Å². The van der Waals surface area contributed by atoms with Crippen molar-refractivity contribution in [2.45, 2.75) is 18.2 Å². The van der Waals surface area contributed by atoms with Crippen LogP contribution in [0.15, 0.2) is 11.2 Å². The van der Waals surface area contributed by atoms with E-state index in [1.165, 1.54) is 6.07 Å². The minimum absolute atomic E-state index is 0.200. The van der Waals surface area contributed by atoms with Crippen molar-refractivity contribution >= 4 is 29.4 Å². The molecule has 0 aromatic carbocycles. The number of carboxylic acids is 1. The zero-order valence-corrected chi connectivity index (χ0v) is 10.1. The molecule has 0 spiro atoms. The number of thioether (sulfide) groups is 1. The fourth-order valence-corrected chi connectivity index (χ4v) is 1.95. The van der Waals surface area contributed by atoms with Gasteiger partial charge in [0.1, 0.15) is 11.6 Å². The van der Waals surface area contributed by atoms with Crippen molar-refractivity contribution in [3.8, 4) is 0 Å². The number of aromatic nitrogens is 2. The monoisotopic (exact) mass is 258 g/mol. The molecular formula is C9H14N4O3S. The molecule has 1 rings (SSSR count). The number of carbonyl (C=O) groups is 1. The van der Waals surface area contributed by atoms with Gasteiger partial charge in [-0.05, 0) is 6.92 Å². The number of anilines is 2. The van der Waals surface area contributed by atoms with Gasteiger partial charge in [-0.1, -0.05) is 11.8 Å². The third-order valence-corrected chi connectivity index (χ3v) is 2.66. The van der Waals surface area contributed by atoms with Gasteiger partial charge in [-0.15, -0.1) is 0 Å². The Morgan fingerprint density at radius 2 is 2.12 bits per heavy atom. The second-order valence-electron chi connectivity index (χ2n) is 3.09. The van der Waals surface area contributed by atoms with Gasteiger partial charge in [0.2, 0.25) is 0 Å². The third-order valence-electron chi connectivity index (χ3n) is 1.75. The first-order valence-electron chi connectivity index (χ1n) is 4.90. The van der Waals surface area contributed by atoms with Gasteiger partial charge in [0.25, 0.3) is 0 Å². The zero-order valence-electron chi connectivity index (χ0n) is 9.29. The molecule has 7 nitrogen and oxygen atoms in total. The van der Waals surface area contributed by atoms with Crippen LogP contribution in [0.2, 0.25) is 0 Å². The predicted octanol–water partition coefficient (Wildman–Crippen LogP) is 0.223. The maximum absolute atomic E-state index is 10.8. The van der Waals surface area contributed by atoms with Gasteiger partial charge >= 0.3 is 5.97 Å². The molecule has 5 N–H and O–H groups in total. The normalized spacial score (nSPS) is 12.3. The van der Waals surface area contributed by atoms with E-state index in [2.05, 4.69) is 9.97 Å². The quantitative estimate of drug-likeness (QED) is 0.489. The smallest absolute Gasteiger partial charge is 0.333 e. The van der Waals surface area contributed by atoms with E-state index in [9.17, 15) is 4.79 Å². The average Bonchev–Trinajstić information content (AvgIpc) is 2.22. The van der Waals surface area contributed by atoms with Gasteiger partial charge in [0.05, 0.1) is 0 Å². The zero-order chi connectivity index (χ0) is 12.8. The van der Waals surface area contributed by atoms with Crippen LogP contribution in [-0.2, 0) is 9.53 Å². The number of hydrogen-bond donors (Lipinski definition) is 3. The number of rotatable bonds is 6. The second kappa shape index (κ2) is 6.26. The van der Waals surface area contributed by atoms with Crippen LogP contribution >= 0.6 is 11.8 Å². The fraction of sp³-hybridized carbons (Fsp3) is 0.444. The number of ether oxygens (including phenoxy) is 1. The highest BCUT2D eigenvalue weighted by Gasteiger charge is 2.18. The maximum atomic E-state index is 10.8. The highest BCUT2D eigenvalue weighted by Crippen LogP contribution is 2.18. The van der Waals surface area contributed by atoms with Crippen LogP contribution < -0.4 is 11.5 Å². The summed E-state index contributed by atoms with van der Waals surface area (Å²) in [6, 6.07) is 1.43. The van der Waals surface area contributed by atoms with Crippen LogP contribution in [-0.4, -0.2) is 39.5 Å². The Morgan fingerprint density at radius 3 is 2.59 bits per heavy atom. The summed E-state index contributed by atoms with van der Waals surface area (Å²) >= 11 is 1.14. The van der Waals surface area contributed by atoms with Crippen LogP contribution in [0, 0.1) is 0 Å². The van der Waals surface area contributed by atoms with Crippen molar-refractivity contribution in [1.29, 1.82) is 0 Å². The summed E-state index contributed by atoms with van der Waals surface area (Å²) in [5, 5.41) is 9.20. The minimum atomic E-state index is -1.02. The largest absolute Gasteiger partial charge is 0.479 e. The van der Waals surface area contributed by atoms with Crippen LogP contribution in [0.4, 0.5) is 11.6 Å². The van der Waals surface area contributed by atoms with Crippen LogP contribution in [0.25, 0.3) is 0 Å². The Morgan fingerprint density at radius 1 is 1.53 bits per heavy atom. The lowest BCUT2D eigenvalue weighted by Gasteiger charge is -2.11. The van der Waals surface area contributed by atoms with Crippen molar-refractivity contribution in [3.05, 3.63) is 6.07 Å². The Kier molecular flexibility index (Phi) is 4.98. The van der Waals surface area contributed by atoms with Gasteiger partial charge in [0, 0.05) is 18.4 Å². The molecule has 8 heteroatoms. The molecule has 0 saturated carbocycles. The van der Waals surface area contributed by atoms with Crippen molar-refractivity contribution in [2.24, 2.45) is 0 Å². The minimum Gasteiger partial charge on any atom is -0.479 e. The van der Waals surface area contributed by atoms with Crippen molar-refractivity contribution in [1.82, 2.24) is 9.97 Å². The van der Waals surface area contributed by atoms with Gasteiger partial charge in [0.15, 0.2) is 11.3 Å². The molecule has 1 aromatic heterocycles. The van der Waals surface area contributed by atoms with Crippen molar-refractivity contribution < 1.29 is 14.6 Å². The van der Waals surface area contributed by atoms with Crippen LogP contribution in [0.1, 0.15) is 6.92 Å². The fourth-order valence-electron chi connectivity index (χ4n) is 1.07. The first-order chi connectivity index (χ1) is 8.02. The molecule has 1 heterocycles. The molecule has 0 saturated heterocycles. The number of nitrogen functional groups attached to an aromatic ring is 2. The summed E-state index contributed by atoms with van der Waals surface area (Å²) in [7, 11) is 0. The summed E-state index contributed by atoms with van der Waals surface area (Å²) in [5.41, 5.74) is 11.0. The van der Waals surface area contributed by atoms with Gasteiger partial charge in [-0.3, -0.25) is 0 Å². The molecule has 1 unspecified atom stereocenters. The maximum Gasteiger partial charge on any atom is 0.333 e. The highest BCUT2D eigenvalue weighted by molar-refractivity contribution is 7.99. The Balaban J connectivity index is 2.61. The van der Waals surface area contributed by atoms with Gasteiger partial charge in [-0.2, -0.15) is 0 Å². The summed E-state index contributed by atoms with van der Waals surface area (Å²) in [6.07, 6.45) is -0.892. The molecule has 0 aliphatic heterocycles. The van der Waals surface area contributed by atoms with E-state index in [1.807, 2.05) is 0 Å². The molecule has 0 fully saturated rings. The average molecular weight is 258 g/mol. The third kappa shape index (κ3) is 4.45. The van der Waals surface area contributed by atoms with Crippen molar-refractivity contribution in [2.75, 3.05) is 23.8 Å². The first-order valence-corrected chi connectivity index (χ1v) is 5.88. The van der Waals surface area contributed by atoms with E-state index in [0.29, 0.717) is 11.8 Å². The van der Waals surface area contributed by atoms with Crippen LogP contribution in [0.5, 0.6) is 0 Å². The van der Waals surface area contributed by atoms with E-state index in [1.54, 1.807) is 6.92 Å². The lowest BCUT2D eigenvalue weighted by atomic mass is 10.4. The van der Waals surface area contributed by atoms with Crippen molar-refractivity contribution in [3.63, 3.8) is 0 Å². The molecule has 94 valence electrons. The van der Waals surface area contributed by atoms with E-state index in [0.717, 1.165) is 11.8 Å². The first kappa shape index (κ1) is 13.5. The Labute approximate surface area is 103 Å². The molecule has 17 heavy (non-hydrogen) atoms. The molecule has 1 atom stereocenters. The van der Waals surface area contributed by atoms with Gasteiger partial charge < -0.3 is 21.3 Å². The van der Waals surface area contributed by atoms with E-state index in [-0.39, 0.29) is 17.4 Å². The van der Waals surface area contributed by atoms with Gasteiger partial charge in [-0.25, -0.2) is 14.8 Å². The summed E-state index contributed by atoms with van der Waals surface area (Å²) in [4.78, 5) is 18.7.